The molecule has 0 saturated heterocycles. The minimum absolute atomic E-state index is 0.398. The van der Waals surface area contributed by atoms with Gasteiger partial charge in [-0.25, -0.2) is 0 Å². The third kappa shape index (κ3) is 4.33. The number of benzene rings is 1. The first-order chi connectivity index (χ1) is 7.63. The fraction of sp³-hybridized carbons (Fsp3) is 0.571. The molecule has 2 nitrogen and oxygen atoms in total. The van der Waals surface area contributed by atoms with Crippen molar-refractivity contribution in [1.82, 2.24) is 0 Å². The summed E-state index contributed by atoms with van der Waals surface area (Å²) in [6, 6.07) is 8.44. The molecular formula is C14H22O2. The van der Waals surface area contributed by atoms with Crippen LogP contribution in [0.2, 0.25) is 0 Å². The van der Waals surface area contributed by atoms with Gasteiger partial charge in [-0.3, -0.25) is 0 Å². The van der Waals surface area contributed by atoms with Crippen LogP contribution in [-0.2, 0) is 11.2 Å². The van der Waals surface area contributed by atoms with Crippen molar-refractivity contribution < 1.29 is 9.84 Å². The molecule has 0 aliphatic carbocycles. The standard InChI is InChI=1S/C14H22O2/c1-4-16-10-14(15)9-12-5-7-13(8-6-12)11(2)3/h5-8,11,14-15H,4,9-10H2,1-3H3. The molecule has 0 fully saturated rings. The number of ether oxygens (including phenoxy) is 1. The predicted molar refractivity (Wildman–Crippen MR) is 66.7 cm³/mol. The van der Waals surface area contributed by atoms with Crippen LogP contribution in [0.25, 0.3) is 0 Å². The highest BCUT2D eigenvalue weighted by Gasteiger charge is 2.06. The summed E-state index contributed by atoms with van der Waals surface area (Å²) in [6.45, 7) is 7.37. The number of hydrogen-bond donors (Lipinski definition) is 1. The van der Waals surface area contributed by atoms with Gasteiger partial charge in [0.25, 0.3) is 0 Å². The maximum absolute atomic E-state index is 9.69. The molecule has 90 valence electrons. The van der Waals surface area contributed by atoms with Gasteiger partial charge in [0.05, 0.1) is 12.7 Å². The molecule has 1 atom stereocenters. The van der Waals surface area contributed by atoms with E-state index in [1.165, 1.54) is 5.56 Å². The lowest BCUT2D eigenvalue weighted by Crippen LogP contribution is -2.18. The topological polar surface area (TPSA) is 29.5 Å². The summed E-state index contributed by atoms with van der Waals surface area (Å²) in [5, 5.41) is 9.69. The lowest BCUT2D eigenvalue weighted by Gasteiger charge is -2.11. The Morgan fingerprint density at radius 2 is 1.81 bits per heavy atom. The summed E-state index contributed by atoms with van der Waals surface area (Å²) in [5.41, 5.74) is 2.50. The maximum Gasteiger partial charge on any atom is 0.0813 e. The SMILES string of the molecule is CCOCC(O)Cc1ccc(C(C)C)cc1. The molecule has 0 spiro atoms. The van der Waals surface area contributed by atoms with Gasteiger partial charge in [0.1, 0.15) is 0 Å². The summed E-state index contributed by atoms with van der Waals surface area (Å²) in [6.07, 6.45) is 0.267. The van der Waals surface area contributed by atoms with Gasteiger partial charge in [-0.05, 0) is 24.0 Å². The van der Waals surface area contributed by atoms with Gasteiger partial charge in [0.2, 0.25) is 0 Å². The van der Waals surface area contributed by atoms with Crippen LogP contribution in [0, 0.1) is 0 Å². The van der Waals surface area contributed by atoms with Crippen molar-refractivity contribution in [1.29, 1.82) is 0 Å². The smallest absolute Gasteiger partial charge is 0.0813 e. The Morgan fingerprint density at radius 3 is 2.31 bits per heavy atom. The lowest BCUT2D eigenvalue weighted by atomic mass is 10.00. The van der Waals surface area contributed by atoms with Gasteiger partial charge in [-0.2, -0.15) is 0 Å². The number of hydrogen-bond acceptors (Lipinski definition) is 2. The molecule has 0 aromatic heterocycles. The van der Waals surface area contributed by atoms with Crippen LogP contribution in [0.1, 0.15) is 37.8 Å². The molecule has 0 radical (unpaired) electrons. The Hall–Kier alpha value is -0.860. The molecule has 16 heavy (non-hydrogen) atoms. The quantitative estimate of drug-likeness (QED) is 0.802. The third-order valence-corrected chi connectivity index (χ3v) is 2.63. The zero-order valence-corrected chi connectivity index (χ0v) is 10.4. The summed E-state index contributed by atoms with van der Waals surface area (Å²) in [4.78, 5) is 0. The van der Waals surface area contributed by atoms with Crippen LogP contribution in [0.5, 0.6) is 0 Å². The number of aliphatic hydroxyl groups excluding tert-OH is 1. The molecule has 0 amide bonds. The first-order valence-corrected chi connectivity index (χ1v) is 5.98. The lowest BCUT2D eigenvalue weighted by molar-refractivity contribution is 0.0430. The summed E-state index contributed by atoms with van der Waals surface area (Å²) < 4.78 is 5.18. The molecule has 1 aromatic carbocycles. The van der Waals surface area contributed by atoms with E-state index in [9.17, 15) is 5.11 Å². The first kappa shape index (κ1) is 13.2. The highest BCUT2D eigenvalue weighted by molar-refractivity contribution is 5.25. The molecule has 0 saturated carbocycles. The van der Waals surface area contributed by atoms with E-state index < -0.39 is 6.10 Å². The van der Waals surface area contributed by atoms with E-state index in [1.54, 1.807) is 0 Å². The normalized spacial score (nSPS) is 13.1. The average Bonchev–Trinajstić information content (AvgIpc) is 2.27. The molecule has 0 bridgehead atoms. The summed E-state index contributed by atoms with van der Waals surface area (Å²) in [5.74, 6) is 0.558. The molecule has 1 rings (SSSR count). The largest absolute Gasteiger partial charge is 0.390 e. The molecule has 1 aromatic rings. The fourth-order valence-electron chi connectivity index (χ4n) is 1.62. The molecule has 1 unspecified atom stereocenters. The van der Waals surface area contributed by atoms with E-state index in [-0.39, 0.29) is 0 Å². The van der Waals surface area contributed by atoms with Gasteiger partial charge in [-0.1, -0.05) is 38.1 Å². The zero-order chi connectivity index (χ0) is 12.0. The van der Waals surface area contributed by atoms with Gasteiger partial charge in [0, 0.05) is 13.0 Å². The van der Waals surface area contributed by atoms with Gasteiger partial charge in [0.15, 0.2) is 0 Å². The Morgan fingerprint density at radius 1 is 1.19 bits per heavy atom. The zero-order valence-electron chi connectivity index (χ0n) is 10.4. The second-order valence-corrected chi connectivity index (χ2v) is 4.41. The highest BCUT2D eigenvalue weighted by atomic mass is 16.5. The van der Waals surface area contributed by atoms with E-state index in [4.69, 9.17) is 4.74 Å². The molecule has 1 N–H and O–H groups in total. The van der Waals surface area contributed by atoms with Crippen LogP contribution in [0.4, 0.5) is 0 Å². The van der Waals surface area contributed by atoms with Crippen LogP contribution in [0.15, 0.2) is 24.3 Å². The predicted octanol–water partition coefficient (Wildman–Crippen LogP) is 2.75. The summed E-state index contributed by atoms with van der Waals surface area (Å²) >= 11 is 0. The Balaban J connectivity index is 2.48. The summed E-state index contributed by atoms with van der Waals surface area (Å²) in [7, 11) is 0. The van der Waals surface area contributed by atoms with Gasteiger partial charge >= 0.3 is 0 Å². The molecular weight excluding hydrogens is 200 g/mol. The van der Waals surface area contributed by atoms with Crippen molar-refractivity contribution >= 4 is 0 Å². The van der Waals surface area contributed by atoms with E-state index in [2.05, 4.69) is 38.1 Å². The molecule has 0 heterocycles. The van der Waals surface area contributed by atoms with Crippen LogP contribution >= 0.6 is 0 Å². The first-order valence-electron chi connectivity index (χ1n) is 5.98. The average molecular weight is 222 g/mol. The second-order valence-electron chi connectivity index (χ2n) is 4.41. The van der Waals surface area contributed by atoms with Crippen molar-refractivity contribution in [3.05, 3.63) is 35.4 Å². The minimum Gasteiger partial charge on any atom is -0.390 e. The van der Waals surface area contributed by atoms with E-state index in [1.807, 2.05) is 6.92 Å². The number of aliphatic hydroxyl groups is 1. The van der Waals surface area contributed by atoms with Gasteiger partial charge in [-0.15, -0.1) is 0 Å². The van der Waals surface area contributed by atoms with E-state index in [0.717, 1.165) is 5.56 Å². The van der Waals surface area contributed by atoms with Crippen LogP contribution < -0.4 is 0 Å². The Bertz CT molecular complexity index is 290. The van der Waals surface area contributed by atoms with E-state index >= 15 is 0 Å². The Kier molecular flexibility index (Phi) is 5.50. The molecule has 0 aliphatic rings. The monoisotopic (exact) mass is 222 g/mol. The van der Waals surface area contributed by atoms with Crippen molar-refractivity contribution in [3.8, 4) is 0 Å². The van der Waals surface area contributed by atoms with Crippen molar-refractivity contribution in [2.75, 3.05) is 13.2 Å². The van der Waals surface area contributed by atoms with Crippen LogP contribution in [0.3, 0.4) is 0 Å². The highest BCUT2D eigenvalue weighted by Crippen LogP contribution is 2.15. The van der Waals surface area contributed by atoms with Crippen molar-refractivity contribution in [2.45, 2.75) is 39.2 Å². The number of rotatable bonds is 6. The maximum atomic E-state index is 9.69. The molecule has 2 heteroatoms. The van der Waals surface area contributed by atoms with Crippen molar-refractivity contribution in [3.63, 3.8) is 0 Å². The fourth-order valence-corrected chi connectivity index (χ4v) is 1.62. The Labute approximate surface area is 98.3 Å². The third-order valence-electron chi connectivity index (χ3n) is 2.63. The second kappa shape index (κ2) is 6.66. The van der Waals surface area contributed by atoms with Gasteiger partial charge < -0.3 is 9.84 Å². The van der Waals surface area contributed by atoms with Crippen LogP contribution in [-0.4, -0.2) is 24.4 Å². The van der Waals surface area contributed by atoms with Crippen molar-refractivity contribution in [2.24, 2.45) is 0 Å². The molecule has 0 aliphatic heterocycles. The van der Waals surface area contributed by atoms with E-state index in [0.29, 0.717) is 25.6 Å². The minimum atomic E-state index is -0.398.